The van der Waals surface area contributed by atoms with Crippen LogP contribution in [0, 0.1) is 27.1 Å². The second kappa shape index (κ2) is 23.5. The van der Waals surface area contributed by atoms with E-state index in [-0.39, 0.29) is 40.2 Å². The average Bonchev–Trinajstić information content (AvgIpc) is 3.97. The second-order valence-corrected chi connectivity index (χ2v) is 20.5. The lowest BCUT2D eigenvalue weighted by Gasteiger charge is -2.30. The quantitative estimate of drug-likeness (QED) is 0.0809. The van der Waals surface area contributed by atoms with Gasteiger partial charge >= 0.3 is 5.97 Å². The molecule has 0 spiro atoms. The second-order valence-electron chi connectivity index (χ2n) is 20.5. The molecule has 0 unspecified atom stereocenters. The molecule has 6 N–H and O–H groups in total. The molecule has 3 heterocycles. The summed E-state index contributed by atoms with van der Waals surface area (Å²) in [5.41, 5.74) is -0.428. The molecule has 3 aromatic rings. The molecule has 1 aliphatic rings. The number of carboxylic acids is 1. The third kappa shape index (κ3) is 19.4. The Hall–Kier alpha value is -4.98. The van der Waals surface area contributed by atoms with E-state index < -0.39 is 33.2 Å². The predicted octanol–water partition coefficient (Wildman–Crippen LogP) is 7.81. The minimum absolute atomic E-state index is 0.0564. The number of aryl methyl sites for hydroxylation is 2. The van der Waals surface area contributed by atoms with Crippen molar-refractivity contribution in [1.82, 2.24) is 30.6 Å². The number of nitrogens with one attached hydrogen (secondary N) is 4. The average molecular weight is 865 g/mol. The molecule has 1 fully saturated rings. The molecule has 2 aromatic heterocycles. The van der Waals surface area contributed by atoms with Crippen LogP contribution in [0.2, 0.25) is 0 Å². The number of Topliss-reactive ketones (excluding diaryl/α,β-unsaturated/α-hetero) is 4. The first-order valence-corrected chi connectivity index (χ1v) is 21.5. The molecule has 1 amide bonds. The Balaban J connectivity index is 0.000000426. The first-order chi connectivity index (χ1) is 28.3. The van der Waals surface area contributed by atoms with E-state index >= 15 is 0 Å². The zero-order chi connectivity index (χ0) is 47.7. The van der Waals surface area contributed by atoms with Crippen molar-refractivity contribution in [3.05, 3.63) is 66.3 Å². The van der Waals surface area contributed by atoms with Crippen LogP contribution in [-0.2, 0) is 48.0 Å². The lowest BCUT2D eigenvalue weighted by Crippen LogP contribution is -2.47. The summed E-state index contributed by atoms with van der Waals surface area (Å²) >= 11 is 0. The maximum atomic E-state index is 12.3. The molecule has 0 bridgehead atoms. The summed E-state index contributed by atoms with van der Waals surface area (Å²) in [6.45, 7) is 27.1. The number of rotatable bonds is 15. The molecular weight excluding hydrogens is 789 g/mol. The van der Waals surface area contributed by atoms with Gasteiger partial charge in [-0.1, -0.05) is 88.3 Å². The molecule has 62 heavy (non-hydrogen) atoms. The van der Waals surface area contributed by atoms with Gasteiger partial charge in [-0.2, -0.15) is 0 Å². The highest BCUT2D eigenvalue weighted by Crippen LogP contribution is 2.33. The van der Waals surface area contributed by atoms with Crippen molar-refractivity contribution in [2.75, 3.05) is 13.1 Å². The van der Waals surface area contributed by atoms with Gasteiger partial charge in [0.2, 0.25) is 5.91 Å². The third-order valence-electron chi connectivity index (χ3n) is 10.5. The Morgan fingerprint density at radius 2 is 1.23 bits per heavy atom. The highest BCUT2D eigenvalue weighted by atomic mass is 16.4. The van der Waals surface area contributed by atoms with Crippen LogP contribution in [-0.4, -0.2) is 83.8 Å². The monoisotopic (exact) mass is 865 g/mol. The first-order valence-electron chi connectivity index (χ1n) is 21.5. The molecule has 0 saturated carbocycles. The number of aliphatic carboxylic acids is 1. The Morgan fingerprint density at radius 3 is 1.63 bits per heavy atom. The lowest BCUT2D eigenvalue weighted by atomic mass is 9.72. The number of imidazole rings is 2. The first kappa shape index (κ1) is 55.0. The number of H-pyrrole nitrogens is 2. The number of carbonyl (C=O) groups excluding carboxylic acids is 5. The fourth-order valence-electron chi connectivity index (χ4n) is 6.74. The van der Waals surface area contributed by atoms with Crippen LogP contribution in [0.25, 0.3) is 0 Å². The van der Waals surface area contributed by atoms with Crippen molar-refractivity contribution in [2.45, 2.75) is 154 Å². The van der Waals surface area contributed by atoms with Gasteiger partial charge in [0, 0.05) is 77.7 Å². The van der Waals surface area contributed by atoms with Crippen molar-refractivity contribution in [2.24, 2.45) is 27.1 Å². The van der Waals surface area contributed by atoms with Crippen LogP contribution >= 0.6 is 0 Å². The van der Waals surface area contributed by atoms with E-state index in [4.69, 9.17) is 10.2 Å². The predicted molar refractivity (Wildman–Crippen MR) is 242 cm³/mol. The number of hydrogen-bond donors (Lipinski definition) is 6. The SMILES string of the molecule is CC(C)(C)C(=O)C(C)(C)C(=O)NCCc1cnc[nH]1.CC(C)(C)C(=O)C(C)(C)CC(=O)CCc1cnc[nH]1.CC(C)(C)C(=O)CCc1ccc(O)cc1.C[C@@]1(C(=O)O)CCCN1. The Bertz CT molecular complexity index is 1870. The smallest absolute Gasteiger partial charge is 0.323 e. The number of aromatic nitrogens is 4. The lowest BCUT2D eigenvalue weighted by molar-refractivity contribution is -0.145. The van der Waals surface area contributed by atoms with Crippen LogP contribution in [0.4, 0.5) is 0 Å². The van der Waals surface area contributed by atoms with Gasteiger partial charge in [0.25, 0.3) is 0 Å². The number of phenolic OH excluding ortho intramolecular Hbond substituents is 1. The summed E-state index contributed by atoms with van der Waals surface area (Å²) in [4.78, 5) is 84.5. The molecule has 1 aliphatic heterocycles. The number of carboxylic acid groups (broad SMARTS) is 1. The fourth-order valence-corrected chi connectivity index (χ4v) is 6.74. The standard InChI is InChI=1S/C15H24N2O2.C14H23N3O2.C13H18O2.C6H11NO2/c1-14(2,3)13(19)15(4,5)8-12(18)7-6-11-9-16-10-17-11;1-13(2,3)11(18)14(4,5)12(19)16-7-6-10-8-15-9-17-10;1-13(2,3)12(15)9-6-10-4-7-11(14)8-5-10;1-6(5(8)9)3-2-4-7-6/h9-10H,6-8H2,1-5H3,(H,16,17);8-9H,6-7H2,1-5H3,(H,15,17)(H,16,19);4-5,7-8,14H,6,9H2,1-3H3;7H,2-4H2,1H3,(H,8,9)/t;;;6-/m...0/s1. The van der Waals surface area contributed by atoms with Crippen LogP contribution in [0.3, 0.4) is 0 Å². The largest absolute Gasteiger partial charge is 0.508 e. The highest BCUT2D eigenvalue weighted by Gasteiger charge is 2.42. The number of ketones is 4. The summed E-state index contributed by atoms with van der Waals surface area (Å²) in [5, 5.41) is 23.4. The van der Waals surface area contributed by atoms with Gasteiger partial charge in [0.05, 0.1) is 12.7 Å². The minimum Gasteiger partial charge on any atom is -0.508 e. The van der Waals surface area contributed by atoms with Gasteiger partial charge in [-0.15, -0.1) is 0 Å². The summed E-state index contributed by atoms with van der Waals surface area (Å²) in [6, 6.07) is 7.00. The van der Waals surface area contributed by atoms with Gasteiger partial charge in [0.15, 0.2) is 5.78 Å². The zero-order valence-electron chi connectivity index (χ0n) is 39.9. The van der Waals surface area contributed by atoms with Crippen LogP contribution in [0.1, 0.15) is 146 Å². The maximum absolute atomic E-state index is 12.3. The zero-order valence-corrected chi connectivity index (χ0v) is 39.9. The van der Waals surface area contributed by atoms with Crippen LogP contribution < -0.4 is 10.6 Å². The molecule has 346 valence electrons. The van der Waals surface area contributed by atoms with E-state index in [1.807, 2.05) is 88.3 Å². The van der Waals surface area contributed by atoms with Gasteiger partial charge in [0.1, 0.15) is 34.1 Å². The molecule has 1 atom stereocenters. The Kier molecular flexibility index (Phi) is 20.8. The molecule has 1 saturated heterocycles. The maximum Gasteiger partial charge on any atom is 0.323 e. The number of hydrogen-bond acceptors (Lipinski definition) is 10. The third-order valence-corrected chi connectivity index (χ3v) is 10.5. The topological polar surface area (TPSA) is 224 Å². The Labute approximate surface area is 369 Å². The van der Waals surface area contributed by atoms with Crippen molar-refractivity contribution >= 4 is 35.0 Å². The number of nitrogens with zero attached hydrogens (tertiary/aromatic N) is 2. The van der Waals surface area contributed by atoms with Crippen LogP contribution in [0.15, 0.2) is 49.3 Å². The summed E-state index contributed by atoms with van der Waals surface area (Å²) < 4.78 is 0. The van der Waals surface area contributed by atoms with E-state index in [1.54, 1.807) is 58.0 Å². The van der Waals surface area contributed by atoms with Crippen molar-refractivity contribution in [3.8, 4) is 5.75 Å². The summed E-state index contributed by atoms with van der Waals surface area (Å²) in [7, 11) is 0. The van der Waals surface area contributed by atoms with Crippen molar-refractivity contribution in [1.29, 1.82) is 0 Å². The number of benzene rings is 1. The van der Waals surface area contributed by atoms with Gasteiger partial charge < -0.3 is 30.8 Å². The number of aromatic hydroxyl groups is 1. The van der Waals surface area contributed by atoms with E-state index in [0.717, 1.165) is 42.8 Å². The van der Waals surface area contributed by atoms with Gasteiger partial charge in [-0.25, -0.2) is 9.97 Å². The molecule has 0 aliphatic carbocycles. The van der Waals surface area contributed by atoms with E-state index in [1.165, 1.54) is 0 Å². The normalized spacial score (nSPS) is 15.4. The summed E-state index contributed by atoms with van der Waals surface area (Å²) in [5.74, 6) is -0.227. The van der Waals surface area contributed by atoms with E-state index in [2.05, 4.69) is 30.6 Å². The van der Waals surface area contributed by atoms with Crippen LogP contribution in [0.5, 0.6) is 5.75 Å². The molecule has 1 aromatic carbocycles. The number of carbonyl (C=O) groups is 6. The van der Waals surface area contributed by atoms with Gasteiger partial charge in [-0.3, -0.25) is 28.8 Å². The number of aromatic amines is 2. The van der Waals surface area contributed by atoms with E-state index in [9.17, 15) is 28.8 Å². The number of phenols is 1. The molecular formula is C48H76N6O8. The molecule has 14 heteroatoms. The summed E-state index contributed by atoms with van der Waals surface area (Å²) in [6.07, 6.45) is 11.8. The fraction of sp³-hybridized carbons (Fsp3) is 0.625. The molecule has 4 rings (SSSR count). The van der Waals surface area contributed by atoms with Crippen molar-refractivity contribution < 1.29 is 39.0 Å². The number of amides is 1. The molecule has 14 nitrogen and oxygen atoms in total. The Morgan fingerprint density at radius 1 is 0.710 bits per heavy atom. The highest BCUT2D eigenvalue weighted by molar-refractivity contribution is 6.07. The van der Waals surface area contributed by atoms with E-state index in [0.29, 0.717) is 38.6 Å². The molecule has 0 radical (unpaired) electrons. The van der Waals surface area contributed by atoms with Crippen molar-refractivity contribution in [3.63, 3.8) is 0 Å². The van der Waals surface area contributed by atoms with Gasteiger partial charge in [-0.05, 0) is 70.7 Å². The minimum atomic E-state index is -1.01.